The molecule has 56 valence electrons. The van der Waals surface area contributed by atoms with E-state index in [4.69, 9.17) is 0 Å². The summed E-state index contributed by atoms with van der Waals surface area (Å²) in [6.45, 7) is 8.13. The molecule has 2 heteroatoms. The van der Waals surface area contributed by atoms with Crippen molar-refractivity contribution in [2.24, 2.45) is 0 Å². The standard InChI is InChI=1S/C8H13NS/c1-3-5-6-9-7-8-10-4-2/h3-4,7-9H,1-2,5-6H2/b8-7-. The van der Waals surface area contributed by atoms with E-state index in [1.54, 1.807) is 17.2 Å². The molecule has 1 nitrogen and oxygen atoms in total. The van der Waals surface area contributed by atoms with Crippen molar-refractivity contribution in [3.05, 3.63) is 36.2 Å². The van der Waals surface area contributed by atoms with Crippen LogP contribution in [0.15, 0.2) is 36.2 Å². The zero-order chi connectivity index (χ0) is 7.66. The molecular formula is C8H13NS. The van der Waals surface area contributed by atoms with Crippen molar-refractivity contribution in [1.29, 1.82) is 0 Å². The summed E-state index contributed by atoms with van der Waals surface area (Å²) in [7, 11) is 0. The molecule has 0 bridgehead atoms. The molecule has 0 aromatic heterocycles. The van der Waals surface area contributed by atoms with Gasteiger partial charge in [-0.15, -0.1) is 18.3 Å². The minimum Gasteiger partial charge on any atom is -0.390 e. The third-order valence-electron chi connectivity index (χ3n) is 0.853. The van der Waals surface area contributed by atoms with Crippen LogP contribution in [0.25, 0.3) is 0 Å². The molecule has 0 aromatic carbocycles. The van der Waals surface area contributed by atoms with Crippen LogP contribution in [-0.2, 0) is 0 Å². The van der Waals surface area contributed by atoms with Gasteiger partial charge in [-0.1, -0.05) is 12.7 Å². The lowest BCUT2D eigenvalue weighted by atomic mass is 10.4. The van der Waals surface area contributed by atoms with Crippen LogP contribution in [0.3, 0.4) is 0 Å². The van der Waals surface area contributed by atoms with Crippen molar-refractivity contribution in [2.45, 2.75) is 6.42 Å². The van der Waals surface area contributed by atoms with Gasteiger partial charge in [-0.2, -0.15) is 0 Å². The minimum absolute atomic E-state index is 0.956. The van der Waals surface area contributed by atoms with Gasteiger partial charge in [0.25, 0.3) is 0 Å². The molecular weight excluding hydrogens is 142 g/mol. The Kier molecular flexibility index (Phi) is 7.84. The highest BCUT2D eigenvalue weighted by molar-refractivity contribution is 8.04. The first-order valence-electron chi connectivity index (χ1n) is 3.17. The van der Waals surface area contributed by atoms with Crippen LogP contribution in [0.1, 0.15) is 6.42 Å². The summed E-state index contributed by atoms with van der Waals surface area (Å²) in [6, 6.07) is 0. The zero-order valence-electron chi connectivity index (χ0n) is 6.05. The second-order valence-electron chi connectivity index (χ2n) is 1.64. The van der Waals surface area contributed by atoms with Gasteiger partial charge in [0.2, 0.25) is 0 Å². The summed E-state index contributed by atoms with van der Waals surface area (Å²) in [5, 5.41) is 6.84. The van der Waals surface area contributed by atoms with Crippen LogP contribution in [0.2, 0.25) is 0 Å². The Bertz CT molecular complexity index is 118. The smallest absolute Gasteiger partial charge is 0.0176 e. The van der Waals surface area contributed by atoms with Crippen molar-refractivity contribution < 1.29 is 0 Å². The Balaban J connectivity index is 3.01. The topological polar surface area (TPSA) is 12.0 Å². The molecule has 0 spiro atoms. The van der Waals surface area contributed by atoms with Gasteiger partial charge in [-0.25, -0.2) is 0 Å². The summed E-state index contributed by atoms with van der Waals surface area (Å²) < 4.78 is 0. The highest BCUT2D eigenvalue weighted by atomic mass is 32.2. The van der Waals surface area contributed by atoms with Gasteiger partial charge in [0.1, 0.15) is 0 Å². The first kappa shape index (κ1) is 9.37. The van der Waals surface area contributed by atoms with E-state index in [-0.39, 0.29) is 0 Å². The summed E-state index contributed by atoms with van der Waals surface area (Å²) >= 11 is 1.56. The maximum absolute atomic E-state index is 3.61. The van der Waals surface area contributed by atoms with Crippen LogP contribution < -0.4 is 5.32 Å². The first-order chi connectivity index (χ1) is 4.91. The maximum Gasteiger partial charge on any atom is 0.0176 e. The fourth-order valence-corrected chi connectivity index (χ4v) is 0.698. The van der Waals surface area contributed by atoms with E-state index >= 15 is 0 Å². The van der Waals surface area contributed by atoms with Crippen molar-refractivity contribution in [2.75, 3.05) is 6.54 Å². The van der Waals surface area contributed by atoms with Gasteiger partial charge in [0, 0.05) is 12.7 Å². The number of hydrogen-bond acceptors (Lipinski definition) is 2. The van der Waals surface area contributed by atoms with Crippen molar-refractivity contribution >= 4 is 11.8 Å². The van der Waals surface area contributed by atoms with Crippen LogP contribution in [-0.4, -0.2) is 6.54 Å². The van der Waals surface area contributed by atoms with Crippen LogP contribution in [0.4, 0.5) is 0 Å². The van der Waals surface area contributed by atoms with Crippen molar-refractivity contribution in [3.63, 3.8) is 0 Å². The van der Waals surface area contributed by atoms with Gasteiger partial charge >= 0.3 is 0 Å². The molecule has 0 rings (SSSR count). The summed E-state index contributed by atoms with van der Waals surface area (Å²) in [4.78, 5) is 0. The molecule has 0 heterocycles. The monoisotopic (exact) mass is 155 g/mol. The van der Waals surface area contributed by atoms with Crippen LogP contribution in [0.5, 0.6) is 0 Å². The van der Waals surface area contributed by atoms with E-state index < -0.39 is 0 Å². The fourth-order valence-electron chi connectivity index (χ4n) is 0.412. The number of hydrogen-bond donors (Lipinski definition) is 1. The molecule has 0 radical (unpaired) electrons. The second kappa shape index (κ2) is 8.37. The Morgan fingerprint density at radius 1 is 1.40 bits per heavy atom. The average molecular weight is 155 g/mol. The lowest BCUT2D eigenvalue weighted by molar-refractivity contribution is 0.855. The predicted octanol–water partition coefficient (Wildman–Crippen LogP) is 2.50. The lowest BCUT2D eigenvalue weighted by Gasteiger charge is -1.93. The van der Waals surface area contributed by atoms with Gasteiger partial charge in [-0.05, 0) is 17.2 Å². The molecule has 10 heavy (non-hydrogen) atoms. The predicted molar refractivity (Wildman–Crippen MR) is 49.7 cm³/mol. The molecule has 0 aliphatic rings. The molecule has 0 unspecified atom stereocenters. The Morgan fingerprint density at radius 3 is 2.80 bits per heavy atom. The van der Waals surface area contributed by atoms with Crippen molar-refractivity contribution in [1.82, 2.24) is 5.32 Å². The maximum atomic E-state index is 3.61. The molecule has 0 aliphatic heterocycles. The van der Waals surface area contributed by atoms with E-state index in [1.807, 2.05) is 17.7 Å². The van der Waals surface area contributed by atoms with E-state index in [0.717, 1.165) is 13.0 Å². The van der Waals surface area contributed by atoms with E-state index in [2.05, 4.69) is 18.5 Å². The van der Waals surface area contributed by atoms with Gasteiger partial charge in [0.15, 0.2) is 0 Å². The number of thioether (sulfide) groups is 1. The van der Waals surface area contributed by atoms with E-state index in [0.29, 0.717) is 0 Å². The SMILES string of the molecule is C=CCCN/C=C\SC=C. The largest absolute Gasteiger partial charge is 0.390 e. The number of rotatable bonds is 6. The van der Waals surface area contributed by atoms with Gasteiger partial charge in [0.05, 0.1) is 0 Å². The third kappa shape index (κ3) is 7.37. The Hall–Kier alpha value is -0.630. The number of nitrogens with one attached hydrogen (secondary N) is 1. The van der Waals surface area contributed by atoms with Gasteiger partial charge < -0.3 is 5.32 Å². The Morgan fingerprint density at radius 2 is 2.20 bits per heavy atom. The highest BCUT2D eigenvalue weighted by Gasteiger charge is 1.73. The summed E-state index contributed by atoms with van der Waals surface area (Å²) in [6.07, 6.45) is 4.81. The first-order valence-corrected chi connectivity index (χ1v) is 4.11. The molecule has 0 saturated heterocycles. The van der Waals surface area contributed by atoms with Crippen LogP contribution in [0, 0.1) is 0 Å². The average Bonchev–Trinajstić information content (AvgIpc) is 1.97. The van der Waals surface area contributed by atoms with E-state index in [9.17, 15) is 0 Å². The molecule has 1 N–H and O–H groups in total. The highest BCUT2D eigenvalue weighted by Crippen LogP contribution is 1.99. The Labute approximate surface area is 66.9 Å². The summed E-state index contributed by atoms with van der Waals surface area (Å²) in [5.74, 6) is 0. The van der Waals surface area contributed by atoms with Crippen molar-refractivity contribution in [3.8, 4) is 0 Å². The fraction of sp³-hybridized carbons (Fsp3) is 0.250. The molecule has 0 saturated carbocycles. The van der Waals surface area contributed by atoms with E-state index in [1.165, 1.54) is 0 Å². The quantitative estimate of drug-likeness (QED) is 0.467. The molecule has 0 aliphatic carbocycles. The summed E-state index contributed by atoms with van der Waals surface area (Å²) in [5.41, 5.74) is 0. The normalized spacial score (nSPS) is 9.60. The molecule has 0 fully saturated rings. The molecule has 0 atom stereocenters. The minimum atomic E-state index is 0.956. The van der Waals surface area contributed by atoms with Crippen LogP contribution >= 0.6 is 11.8 Å². The third-order valence-corrected chi connectivity index (χ3v) is 1.34. The molecule has 0 amide bonds. The zero-order valence-corrected chi connectivity index (χ0v) is 6.86. The second-order valence-corrected chi connectivity index (χ2v) is 2.51. The molecule has 0 aromatic rings. The van der Waals surface area contributed by atoms with Gasteiger partial charge in [-0.3, -0.25) is 0 Å². The lowest BCUT2D eigenvalue weighted by Crippen LogP contribution is -2.04.